The smallest absolute Gasteiger partial charge is 0.149 e. The van der Waals surface area contributed by atoms with Gasteiger partial charge in [-0.05, 0) is 38.9 Å². The second-order valence-corrected chi connectivity index (χ2v) is 5.74. The Bertz CT molecular complexity index is 425. The molecule has 104 valence electrons. The van der Waals surface area contributed by atoms with E-state index in [-0.39, 0.29) is 0 Å². The summed E-state index contributed by atoms with van der Waals surface area (Å²) < 4.78 is 0. The van der Waals surface area contributed by atoms with Gasteiger partial charge in [0.05, 0.1) is 12.2 Å². The van der Waals surface area contributed by atoms with Crippen LogP contribution in [0.2, 0.25) is 0 Å². The molecule has 19 heavy (non-hydrogen) atoms. The van der Waals surface area contributed by atoms with Gasteiger partial charge < -0.3 is 0 Å². The molecule has 0 radical (unpaired) electrons. The number of pyridine rings is 1. The lowest BCUT2D eigenvalue weighted by molar-refractivity contribution is -0.124. The Kier molecular flexibility index (Phi) is 5.08. The normalized spacial score (nSPS) is 16.8. The van der Waals surface area contributed by atoms with Crippen molar-refractivity contribution >= 4 is 5.78 Å². The Morgan fingerprint density at radius 2 is 2.05 bits per heavy atom. The minimum Gasteiger partial charge on any atom is -0.298 e. The Balaban J connectivity index is 1.83. The van der Waals surface area contributed by atoms with E-state index in [0.29, 0.717) is 18.2 Å². The van der Waals surface area contributed by atoms with Gasteiger partial charge in [-0.2, -0.15) is 0 Å². The van der Waals surface area contributed by atoms with Gasteiger partial charge in [-0.25, -0.2) is 0 Å². The van der Waals surface area contributed by atoms with Crippen molar-refractivity contribution in [3.05, 3.63) is 29.6 Å². The summed E-state index contributed by atoms with van der Waals surface area (Å²) in [6.07, 6.45) is 5.93. The predicted octanol–water partition coefficient (Wildman–Crippen LogP) is 2.97. The second kappa shape index (κ2) is 6.80. The molecule has 1 aliphatic rings. The van der Waals surface area contributed by atoms with E-state index in [2.05, 4.69) is 9.88 Å². The van der Waals surface area contributed by atoms with Crippen LogP contribution in [0.1, 0.15) is 43.5 Å². The first-order chi connectivity index (χ1) is 9.15. The fraction of sp³-hybridized carbons (Fsp3) is 0.625. The molecule has 1 aliphatic carbocycles. The van der Waals surface area contributed by atoms with Gasteiger partial charge in [0.2, 0.25) is 0 Å². The highest BCUT2D eigenvalue weighted by Crippen LogP contribution is 2.24. The Hall–Kier alpha value is -1.22. The summed E-state index contributed by atoms with van der Waals surface area (Å²) >= 11 is 0. The maximum atomic E-state index is 12.2. The van der Waals surface area contributed by atoms with Crippen molar-refractivity contribution in [3.63, 3.8) is 0 Å². The molecule has 0 spiro atoms. The maximum Gasteiger partial charge on any atom is 0.149 e. The summed E-state index contributed by atoms with van der Waals surface area (Å²) in [5, 5.41) is 0. The van der Waals surface area contributed by atoms with Crippen molar-refractivity contribution in [2.24, 2.45) is 5.92 Å². The molecule has 0 N–H and O–H groups in total. The molecular weight excluding hydrogens is 236 g/mol. The second-order valence-electron chi connectivity index (χ2n) is 5.74. The summed E-state index contributed by atoms with van der Waals surface area (Å²) in [6.45, 7) is 3.30. The molecule has 0 atom stereocenters. The van der Waals surface area contributed by atoms with Gasteiger partial charge >= 0.3 is 0 Å². The number of carbonyl (C=O) groups is 1. The number of nitrogens with zero attached hydrogens (tertiary/aromatic N) is 2. The van der Waals surface area contributed by atoms with Crippen LogP contribution >= 0.6 is 0 Å². The van der Waals surface area contributed by atoms with Crippen molar-refractivity contribution in [1.29, 1.82) is 0 Å². The van der Waals surface area contributed by atoms with Gasteiger partial charge in [-0.3, -0.25) is 14.7 Å². The summed E-state index contributed by atoms with van der Waals surface area (Å²) in [6, 6.07) is 6.04. The molecule has 0 bridgehead atoms. The van der Waals surface area contributed by atoms with Gasteiger partial charge in [0, 0.05) is 18.2 Å². The molecular formula is C16H24N2O. The van der Waals surface area contributed by atoms with E-state index in [1.807, 2.05) is 32.2 Å². The number of aromatic nitrogens is 1. The van der Waals surface area contributed by atoms with Crippen LogP contribution in [0.15, 0.2) is 18.2 Å². The van der Waals surface area contributed by atoms with Crippen molar-refractivity contribution in [1.82, 2.24) is 9.88 Å². The number of carbonyl (C=O) groups excluding carboxylic acids is 1. The van der Waals surface area contributed by atoms with E-state index >= 15 is 0 Å². The highest BCUT2D eigenvalue weighted by Gasteiger charge is 2.21. The topological polar surface area (TPSA) is 33.2 Å². The van der Waals surface area contributed by atoms with Crippen molar-refractivity contribution in [2.45, 2.75) is 45.6 Å². The average Bonchev–Trinajstić information content (AvgIpc) is 2.39. The van der Waals surface area contributed by atoms with E-state index < -0.39 is 0 Å². The Labute approximate surface area is 116 Å². The molecule has 3 nitrogen and oxygen atoms in total. The Morgan fingerprint density at radius 1 is 1.32 bits per heavy atom. The quantitative estimate of drug-likeness (QED) is 0.816. The molecule has 3 heteroatoms. The number of Topliss-reactive ketones (excluding diaryl/α,β-unsaturated/α-hetero) is 1. The van der Waals surface area contributed by atoms with Gasteiger partial charge in [0.15, 0.2) is 0 Å². The molecule has 0 aromatic carbocycles. The third-order valence-electron chi connectivity index (χ3n) is 3.86. The molecule has 0 aliphatic heterocycles. The van der Waals surface area contributed by atoms with Crippen molar-refractivity contribution in [3.8, 4) is 0 Å². The lowest BCUT2D eigenvalue weighted by Crippen LogP contribution is -2.31. The van der Waals surface area contributed by atoms with Crippen LogP contribution < -0.4 is 0 Å². The highest BCUT2D eigenvalue weighted by atomic mass is 16.1. The fourth-order valence-electron chi connectivity index (χ4n) is 2.84. The maximum absolute atomic E-state index is 12.2. The number of ketones is 1. The van der Waals surface area contributed by atoms with Crippen LogP contribution in [-0.2, 0) is 11.3 Å². The largest absolute Gasteiger partial charge is 0.298 e. The highest BCUT2D eigenvalue weighted by molar-refractivity contribution is 5.83. The summed E-state index contributed by atoms with van der Waals surface area (Å²) in [5.74, 6) is 0.719. The SMILES string of the molecule is Cc1cccc(CN(C)CC(=O)C2CCCCC2)n1. The molecule has 1 saturated carbocycles. The van der Waals surface area contributed by atoms with Crippen LogP contribution in [0.5, 0.6) is 0 Å². The number of rotatable bonds is 5. The van der Waals surface area contributed by atoms with Gasteiger partial charge in [0.25, 0.3) is 0 Å². The third kappa shape index (κ3) is 4.43. The predicted molar refractivity (Wildman–Crippen MR) is 76.9 cm³/mol. The molecule has 0 amide bonds. The minimum absolute atomic E-state index is 0.307. The van der Waals surface area contributed by atoms with Gasteiger partial charge in [0.1, 0.15) is 5.78 Å². The zero-order valence-electron chi connectivity index (χ0n) is 12.1. The number of aryl methyl sites for hydroxylation is 1. The zero-order chi connectivity index (χ0) is 13.7. The molecule has 2 rings (SSSR count). The summed E-state index contributed by atoms with van der Waals surface area (Å²) in [5.41, 5.74) is 2.07. The van der Waals surface area contributed by atoms with Crippen molar-refractivity contribution in [2.75, 3.05) is 13.6 Å². The van der Waals surface area contributed by atoms with Crippen LogP contribution in [0, 0.1) is 12.8 Å². The number of hydrogen-bond acceptors (Lipinski definition) is 3. The first-order valence-corrected chi connectivity index (χ1v) is 7.29. The van der Waals surface area contributed by atoms with Crippen molar-refractivity contribution < 1.29 is 4.79 Å². The molecule has 1 fully saturated rings. The zero-order valence-corrected chi connectivity index (χ0v) is 12.1. The van der Waals surface area contributed by atoms with E-state index in [4.69, 9.17) is 0 Å². The first-order valence-electron chi connectivity index (χ1n) is 7.29. The number of hydrogen-bond donors (Lipinski definition) is 0. The van der Waals surface area contributed by atoms with Crippen LogP contribution in [0.4, 0.5) is 0 Å². The van der Waals surface area contributed by atoms with E-state index in [1.165, 1.54) is 19.3 Å². The lowest BCUT2D eigenvalue weighted by Gasteiger charge is -2.23. The van der Waals surface area contributed by atoms with Crippen LogP contribution in [-0.4, -0.2) is 29.3 Å². The van der Waals surface area contributed by atoms with Gasteiger partial charge in [-0.15, -0.1) is 0 Å². The Morgan fingerprint density at radius 3 is 2.74 bits per heavy atom. The summed E-state index contributed by atoms with van der Waals surface area (Å²) in [4.78, 5) is 18.8. The minimum atomic E-state index is 0.307. The van der Waals surface area contributed by atoms with E-state index in [0.717, 1.165) is 30.8 Å². The first kappa shape index (κ1) is 14.2. The molecule has 0 saturated heterocycles. The molecule has 1 aromatic rings. The van der Waals surface area contributed by atoms with Gasteiger partial charge in [-0.1, -0.05) is 25.3 Å². The van der Waals surface area contributed by atoms with Crippen LogP contribution in [0.25, 0.3) is 0 Å². The summed E-state index contributed by atoms with van der Waals surface area (Å²) in [7, 11) is 2.00. The lowest BCUT2D eigenvalue weighted by atomic mass is 9.86. The van der Waals surface area contributed by atoms with E-state index in [9.17, 15) is 4.79 Å². The third-order valence-corrected chi connectivity index (χ3v) is 3.86. The van der Waals surface area contributed by atoms with E-state index in [1.54, 1.807) is 0 Å². The monoisotopic (exact) mass is 260 g/mol. The molecule has 0 unspecified atom stereocenters. The van der Waals surface area contributed by atoms with Crippen LogP contribution in [0.3, 0.4) is 0 Å². The average molecular weight is 260 g/mol. The fourth-order valence-corrected chi connectivity index (χ4v) is 2.84. The number of likely N-dealkylation sites (N-methyl/N-ethyl adjacent to an activating group) is 1. The standard InChI is InChI=1S/C16H24N2O/c1-13-7-6-10-15(17-13)11-18(2)12-16(19)14-8-4-3-5-9-14/h6-7,10,14H,3-5,8-9,11-12H2,1-2H3. The molecule has 1 aromatic heterocycles. The molecule has 1 heterocycles.